The second kappa shape index (κ2) is 11.0. The fourth-order valence-corrected chi connectivity index (χ4v) is 2.82. The maximum absolute atomic E-state index is 12.2. The Balaban J connectivity index is 1.39. The van der Waals surface area contributed by atoms with Crippen LogP contribution in [0.15, 0.2) is 65.3 Å². The van der Waals surface area contributed by atoms with Gasteiger partial charge in [0.05, 0.1) is 6.26 Å². The monoisotopic (exact) mass is 455 g/mol. The van der Waals surface area contributed by atoms with E-state index >= 15 is 0 Å². The first kappa shape index (κ1) is 22.9. The van der Waals surface area contributed by atoms with Gasteiger partial charge in [-0.1, -0.05) is 11.6 Å². The number of aryl methyl sites for hydroxylation is 1. The third-order valence-corrected chi connectivity index (χ3v) is 4.80. The van der Waals surface area contributed by atoms with Crippen LogP contribution in [0.2, 0.25) is 5.02 Å². The molecule has 1 heterocycles. The van der Waals surface area contributed by atoms with Crippen LogP contribution in [0, 0.1) is 6.92 Å². The molecule has 0 saturated carbocycles. The van der Waals surface area contributed by atoms with Gasteiger partial charge in [-0.05, 0) is 67.1 Å². The van der Waals surface area contributed by atoms with E-state index in [9.17, 15) is 14.4 Å². The number of hydrogen-bond acceptors (Lipinski definition) is 5. The van der Waals surface area contributed by atoms with Crippen LogP contribution in [0.4, 0.5) is 5.69 Å². The van der Waals surface area contributed by atoms with Crippen molar-refractivity contribution < 1.29 is 23.5 Å². The summed E-state index contributed by atoms with van der Waals surface area (Å²) in [5.74, 6) is -0.213. The molecule has 0 aliphatic carbocycles. The van der Waals surface area contributed by atoms with E-state index in [1.165, 1.54) is 6.26 Å². The zero-order valence-electron chi connectivity index (χ0n) is 17.3. The lowest BCUT2D eigenvalue weighted by atomic mass is 10.2. The lowest BCUT2D eigenvalue weighted by Gasteiger charge is -2.10. The van der Waals surface area contributed by atoms with E-state index in [0.29, 0.717) is 22.0 Å². The molecule has 9 heteroatoms. The molecule has 3 rings (SSSR count). The number of ether oxygens (including phenoxy) is 1. The van der Waals surface area contributed by atoms with Gasteiger partial charge in [-0.25, -0.2) is 0 Å². The highest BCUT2D eigenvalue weighted by Crippen LogP contribution is 2.21. The number of carbonyl (C=O) groups excluding carboxylic acids is 3. The highest BCUT2D eigenvalue weighted by molar-refractivity contribution is 6.31. The predicted molar refractivity (Wildman–Crippen MR) is 120 cm³/mol. The Morgan fingerprint density at radius 3 is 2.34 bits per heavy atom. The summed E-state index contributed by atoms with van der Waals surface area (Å²) in [6.45, 7) is 2.20. The molecule has 0 spiro atoms. The van der Waals surface area contributed by atoms with Gasteiger partial charge in [0.1, 0.15) is 5.75 Å². The Morgan fingerprint density at radius 1 is 0.969 bits per heavy atom. The molecule has 0 radical (unpaired) electrons. The highest BCUT2D eigenvalue weighted by Gasteiger charge is 2.09. The summed E-state index contributed by atoms with van der Waals surface area (Å²) in [6, 6.07) is 14.8. The first-order valence-corrected chi connectivity index (χ1v) is 10.2. The smallest absolute Gasteiger partial charge is 0.287 e. The summed E-state index contributed by atoms with van der Waals surface area (Å²) in [6.07, 6.45) is 1.41. The van der Waals surface area contributed by atoms with Crippen molar-refractivity contribution >= 4 is 35.0 Å². The molecular formula is C23H22ClN3O5. The fourth-order valence-electron chi connectivity index (χ4n) is 2.71. The van der Waals surface area contributed by atoms with E-state index in [2.05, 4.69) is 16.0 Å². The summed E-state index contributed by atoms with van der Waals surface area (Å²) in [4.78, 5) is 36.0. The second-order valence-electron chi connectivity index (χ2n) is 6.81. The molecule has 1 aromatic heterocycles. The van der Waals surface area contributed by atoms with E-state index < -0.39 is 0 Å². The van der Waals surface area contributed by atoms with Crippen LogP contribution in [-0.2, 0) is 4.79 Å². The van der Waals surface area contributed by atoms with Gasteiger partial charge in [0.25, 0.3) is 17.7 Å². The van der Waals surface area contributed by atoms with Crippen LogP contribution < -0.4 is 20.7 Å². The summed E-state index contributed by atoms with van der Waals surface area (Å²) in [5.41, 5.74) is 1.82. The third kappa shape index (κ3) is 6.61. The topological polar surface area (TPSA) is 110 Å². The number of amides is 3. The second-order valence-corrected chi connectivity index (χ2v) is 7.22. The predicted octanol–water partition coefficient (Wildman–Crippen LogP) is 3.42. The Bertz CT molecular complexity index is 1080. The lowest BCUT2D eigenvalue weighted by Crippen LogP contribution is -2.34. The number of rotatable bonds is 9. The lowest BCUT2D eigenvalue weighted by molar-refractivity contribution is -0.118. The Morgan fingerprint density at radius 2 is 1.69 bits per heavy atom. The largest absolute Gasteiger partial charge is 0.484 e. The number of benzene rings is 2. The zero-order valence-corrected chi connectivity index (χ0v) is 18.1. The van der Waals surface area contributed by atoms with Crippen molar-refractivity contribution in [2.75, 3.05) is 25.0 Å². The maximum Gasteiger partial charge on any atom is 0.287 e. The average molecular weight is 456 g/mol. The minimum Gasteiger partial charge on any atom is -0.484 e. The highest BCUT2D eigenvalue weighted by atomic mass is 35.5. The summed E-state index contributed by atoms with van der Waals surface area (Å²) in [7, 11) is 0. The standard InChI is InChI=1S/C23H22ClN3O5/c1-15-13-18(8-9-19(15)24)32-14-21(28)27-17-6-4-16(5-7-17)22(29)25-10-11-26-23(30)20-3-2-12-31-20/h2-9,12-13H,10-11,14H2,1H3,(H,25,29)(H,26,30)(H,27,28). The minimum atomic E-state index is -0.348. The summed E-state index contributed by atoms with van der Waals surface area (Å²) in [5, 5.41) is 8.68. The first-order valence-electron chi connectivity index (χ1n) is 9.81. The third-order valence-electron chi connectivity index (χ3n) is 4.37. The van der Waals surface area contributed by atoms with Crippen molar-refractivity contribution in [1.82, 2.24) is 10.6 Å². The van der Waals surface area contributed by atoms with E-state index in [0.717, 1.165) is 5.56 Å². The van der Waals surface area contributed by atoms with Crippen LogP contribution in [0.1, 0.15) is 26.5 Å². The Kier molecular flexibility index (Phi) is 7.88. The molecule has 2 aromatic carbocycles. The number of halogens is 1. The number of carbonyl (C=O) groups is 3. The normalized spacial score (nSPS) is 10.3. The van der Waals surface area contributed by atoms with Crippen molar-refractivity contribution in [2.45, 2.75) is 6.92 Å². The van der Waals surface area contributed by atoms with Crippen LogP contribution in [-0.4, -0.2) is 37.4 Å². The molecule has 0 bridgehead atoms. The molecule has 0 saturated heterocycles. The molecule has 8 nitrogen and oxygen atoms in total. The quantitative estimate of drug-likeness (QED) is 0.428. The van der Waals surface area contributed by atoms with E-state index in [4.69, 9.17) is 20.8 Å². The van der Waals surface area contributed by atoms with Crippen LogP contribution >= 0.6 is 11.6 Å². The SMILES string of the molecule is Cc1cc(OCC(=O)Nc2ccc(C(=O)NCCNC(=O)c3ccco3)cc2)ccc1Cl. The van der Waals surface area contributed by atoms with Crippen molar-refractivity contribution in [3.63, 3.8) is 0 Å². The van der Waals surface area contributed by atoms with Gasteiger partial charge in [-0.15, -0.1) is 0 Å². The van der Waals surface area contributed by atoms with Gasteiger partial charge in [0, 0.05) is 29.4 Å². The number of nitrogens with one attached hydrogen (secondary N) is 3. The molecule has 166 valence electrons. The Hall–Kier alpha value is -3.78. The van der Waals surface area contributed by atoms with Gasteiger partial charge in [-0.2, -0.15) is 0 Å². The first-order chi connectivity index (χ1) is 15.4. The zero-order chi connectivity index (χ0) is 22.9. The number of anilines is 1. The molecule has 0 unspecified atom stereocenters. The fraction of sp³-hybridized carbons (Fsp3) is 0.174. The molecule has 32 heavy (non-hydrogen) atoms. The van der Waals surface area contributed by atoms with Gasteiger partial charge in [0.15, 0.2) is 12.4 Å². The van der Waals surface area contributed by atoms with E-state index in [-0.39, 0.29) is 43.2 Å². The van der Waals surface area contributed by atoms with E-state index in [1.807, 2.05) is 6.92 Å². The molecule has 0 atom stereocenters. The molecule has 3 aromatic rings. The number of furan rings is 1. The molecular weight excluding hydrogens is 434 g/mol. The van der Waals surface area contributed by atoms with Crippen LogP contribution in [0.25, 0.3) is 0 Å². The van der Waals surface area contributed by atoms with Gasteiger partial charge in [0.2, 0.25) is 0 Å². The van der Waals surface area contributed by atoms with E-state index in [1.54, 1.807) is 54.6 Å². The average Bonchev–Trinajstić information content (AvgIpc) is 3.33. The minimum absolute atomic E-state index is 0.160. The molecule has 0 aliphatic heterocycles. The summed E-state index contributed by atoms with van der Waals surface area (Å²) < 4.78 is 10.4. The molecule has 3 N–H and O–H groups in total. The van der Waals surface area contributed by atoms with Crippen LogP contribution in [0.3, 0.4) is 0 Å². The van der Waals surface area contributed by atoms with Crippen molar-refractivity contribution in [3.8, 4) is 5.75 Å². The van der Waals surface area contributed by atoms with Crippen molar-refractivity contribution in [2.24, 2.45) is 0 Å². The summed E-state index contributed by atoms with van der Waals surface area (Å²) >= 11 is 5.97. The van der Waals surface area contributed by atoms with Gasteiger partial charge in [-0.3, -0.25) is 14.4 Å². The van der Waals surface area contributed by atoms with Gasteiger partial charge < -0.3 is 25.1 Å². The van der Waals surface area contributed by atoms with Crippen molar-refractivity contribution in [1.29, 1.82) is 0 Å². The molecule has 0 fully saturated rings. The van der Waals surface area contributed by atoms with Crippen molar-refractivity contribution in [3.05, 3.63) is 82.8 Å². The maximum atomic E-state index is 12.2. The van der Waals surface area contributed by atoms with Crippen LogP contribution in [0.5, 0.6) is 5.75 Å². The molecule has 0 aliphatic rings. The Labute approximate surface area is 189 Å². The van der Waals surface area contributed by atoms with Gasteiger partial charge >= 0.3 is 0 Å². The number of hydrogen-bond donors (Lipinski definition) is 3. The molecule has 3 amide bonds.